The minimum absolute atomic E-state index is 0.530. The number of aromatic nitrogens is 2. The van der Waals surface area contributed by atoms with Crippen LogP contribution in [0.1, 0.15) is 31.9 Å². The topological polar surface area (TPSA) is 50.3 Å². The van der Waals surface area contributed by atoms with E-state index >= 15 is 0 Å². The van der Waals surface area contributed by atoms with Crippen molar-refractivity contribution in [3.63, 3.8) is 0 Å². The van der Waals surface area contributed by atoms with Gasteiger partial charge in [0.05, 0.1) is 12.3 Å². The normalized spacial score (nSPS) is 15.8. The molecule has 1 fully saturated rings. The van der Waals surface area contributed by atoms with E-state index in [4.69, 9.17) is 4.74 Å². The first-order valence-corrected chi connectivity index (χ1v) is 6.69. The van der Waals surface area contributed by atoms with Gasteiger partial charge < -0.3 is 15.0 Å². The van der Waals surface area contributed by atoms with Gasteiger partial charge in [0.15, 0.2) is 0 Å². The van der Waals surface area contributed by atoms with Gasteiger partial charge in [-0.2, -0.15) is 4.98 Å². The number of piperidine rings is 1. The molecule has 0 bridgehead atoms. The van der Waals surface area contributed by atoms with Crippen LogP contribution in [0.3, 0.4) is 0 Å². The summed E-state index contributed by atoms with van der Waals surface area (Å²) in [6.07, 6.45) is 3.77. The summed E-state index contributed by atoms with van der Waals surface area (Å²) in [6, 6.07) is 1.96. The van der Waals surface area contributed by atoms with Gasteiger partial charge in [-0.3, -0.25) is 0 Å². The van der Waals surface area contributed by atoms with Crippen LogP contribution in [0.2, 0.25) is 0 Å². The summed E-state index contributed by atoms with van der Waals surface area (Å²) in [5.74, 6) is 1.72. The number of hydrogen-bond acceptors (Lipinski definition) is 5. The van der Waals surface area contributed by atoms with Crippen molar-refractivity contribution in [1.29, 1.82) is 0 Å². The number of anilines is 2. The van der Waals surface area contributed by atoms with Gasteiger partial charge in [-0.15, -0.1) is 0 Å². The third-order valence-electron chi connectivity index (χ3n) is 3.06. The predicted molar refractivity (Wildman–Crippen MR) is 73.0 cm³/mol. The summed E-state index contributed by atoms with van der Waals surface area (Å²) in [4.78, 5) is 11.4. The second-order valence-electron chi connectivity index (χ2n) is 4.56. The Morgan fingerprint density at radius 2 is 2.06 bits per heavy atom. The molecule has 0 aliphatic carbocycles. The van der Waals surface area contributed by atoms with Gasteiger partial charge in [-0.25, -0.2) is 4.98 Å². The van der Waals surface area contributed by atoms with Crippen molar-refractivity contribution in [1.82, 2.24) is 9.97 Å². The average Bonchev–Trinajstić information content (AvgIpc) is 2.40. The fourth-order valence-electron chi connectivity index (χ4n) is 2.21. The van der Waals surface area contributed by atoms with Crippen molar-refractivity contribution in [3.05, 3.63) is 11.8 Å². The molecule has 18 heavy (non-hydrogen) atoms. The van der Waals surface area contributed by atoms with Crippen LogP contribution < -0.4 is 10.2 Å². The minimum Gasteiger partial charge on any atom is -0.378 e. The quantitative estimate of drug-likeness (QED) is 0.866. The van der Waals surface area contributed by atoms with Gasteiger partial charge in [0.25, 0.3) is 0 Å². The summed E-state index contributed by atoms with van der Waals surface area (Å²) in [6.45, 7) is 5.58. The van der Waals surface area contributed by atoms with E-state index in [2.05, 4.69) is 27.1 Å². The molecular weight excluding hydrogens is 228 g/mol. The first-order chi connectivity index (χ1) is 8.83. The molecule has 5 heteroatoms. The Hall–Kier alpha value is -1.36. The fraction of sp³-hybridized carbons (Fsp3) is 0.692. The Balaban J connectivity index is 2.20. The molecule has 5 nitrogen and oxygen atoms in total. The zero-order chi connectivity index (χ0) is 12.8. The van der Waals surface area contributed by atoms with E-state index in [9.17, 15) is 0 Å². The highest BCUT2D eigenvalue weighted by atomic mass is 16.5. The lowest BCUT2D eigenvalue weighted by atomic mass is 10.1. The smallest absolute Gasteiger partial charge is 0.227 e. The van der Waals surface area contributed by atoms with E-state index in [1.54, 1.807) is 7.11 Å². The number of ether oxygens (including phenoxy) is 1. The predicted octanol–water partition coefficient (Wildman–Crippen LogP) is 2.05. The van der Waals surface area contributed by atoms with E-state index < -0.39 is 0 Å². The second kappa shape index (κ2) is 6.54. The number of hydrogen-bond donors (Lipinski definition) is 1. The highest BCUT2D eigenvalue weighted by molar-refractivity contribution is 5.43. The first-order valence-electron chi connectivity index (χ1n) is 6.69. The van der Waals surface area contributed by atoms with Crippen molar-refractivity contribution in [2.24, 2.45) is 0 Å². The van der Waals surface area contributed by atoms with E-state index in [0.29, 0.717) is 6.61 Å². The van der Waals surface area contributed by atoms with Gasteiger partial charge in [0, 0.05) is 32.8 Å². The Labute approximate surface area is 109 Å². The summed E-state index contributed by atoms with van der Waals surface area (Å²) in [5, 5.41) is 3.25. The zero-order valence-electron chi connectivity index (χ0n) is 11.3. The van der Waals surface area contributed by atoms with E-state index in [1.807, 2.05) is 6.07 Å². The van der Waals surface area contributed by atoms with Crippen LogP contribution in [0.4, 0.5) is 11.8 Å². The molecule has 0 spiro atoms. The largest absolute Gasteiger partial charge is 0.378 e. The van der Waals surface area contributed by atoms with Gasteiger partial charge in [-0.05, 0) is 26.2 Å². The Kier molecular flexibility index (Phi) is 4.75. The molecule has 100 valence electrons. The monoisotopic (exact) mass is 250 g/mol. The summed E-state index contributed by atoms with van der Waals surface area (Å²) in [7, 11) is 1.69. The van der Waals surface area contributed by atoms with Crippen molar-refractivity contribution in [2.45, 2.75) is 32.8 Å². The van der Waals surface area contributed by atoms with Crippen molar-refractivity contribution >= 4 is 11.8 Å². The molecule has 1 saturated heterocycles. The van der Waals surface area contributed by atoms with E-state index in [1.165, 1.54) is 19.3 Å². The van der Waals surface area contributed by atoms with Gasteiger partial charge in [-0.1, -0.05) is 0 Å². The molecule has 0 aromatic carbocycles. The average molecular weight is 250 g/mol. The molecule has 1 aromatic rings. The van der Waals surface area contributed by atoms with Crippen LogP contribution in [0, 0.1) is 0 Å². The molecule has 1 N–H and O–H groups in total. The number of nitrogens with one attached hydrogen (secondary N) is 1. The van der Waals surface area contributed by atoms with E-state index in [-0.39, 0.29) is 0 Å². The van der Waals surface area contributed by atoms with Crippen molar-refractivity contribution < 1.29 is 4.74 Å². The maximum absolute atomic E-state index is 5.17. The third-order valence-corrected chi connectivity index (χ3v) is 3.06. The maximum Gasteiger partial charge on any atom is 0.227 e. The molecule has 0 atom stereocenters. The molecule has 2 heterocycles. The fourth-order valence-corrected chi connectivity index (χ4v) is 2.21. The zero-order valence-corrected chi connectivity index (χ0v) is 11.3. The van der Waals surface area contributed by atoms with Gasteiger partial charge in [0.1, 0.15) is 5.82 Å². The summed E-state index contributed by atoms with van der Waals surface area (Å²) in [5.41, 5.74) is 0.934. The molecule has 1 aromatic heterocycles. The maximum atomic E-state index is 5.17. The van der Waals surface area contributed by atoms with Gasteiger partial charge in [0.2, 0.25) is 5.95 Å². The standard InChI is InChI=1S/C13H22N4O/c1-3-14-12-9-11(10-18-2)15-13(16-12)17-7-5-4-6-8-17/h9H,3-8,10H2,1-2H3,(H,14,15,16). The second-order valence-corrected chi connectivity index (χ2v) is 4.56. The molecule has 0 radical (unpaired) electrons. The molecule has 1 aliphatic heterocycles. The van der Waals surface area contributed by atoms with Crippen LogP contribution in [-0.4, -0.2) is 36.7 Å². The lowest BCUT2D eigenvalue weighted by Crippen LogP contribution is -2.31. The molecule has 2 rings (SSSR count). The summed E-state index contributed by atoms with van der Waals surface area (Å²) >= 11 is 0. The van der Waals surface area contributed by atoms with Crippen LogP contribution in [0.15, 0.2) is 6.07 Å². The number of nitrogens with zero attached hydrogens (tertiary/aromatic N) is 3. The van der Waals surface area contributed by atoms with Crippen molar-refractivity contribution in [3.8, 4) is 0 Å². The van der Waals surface area contributed by atoms with Crippen LogP contribution >= 0.6 is 0 Å². The molecule has 0 amide bonds. The lowest BCUT2D eigenvalue weighted by molar-refractivity contribution is 0.181. The minimum atomic E-state index is 0.530. The van der Waals surface area contributed by atoms with Crippen LogP contribution in [0.5, 0.6) is 0 Å². The molecule has 0 unspecified atom stereocenters. The molecular formula is C13H22N4O. The first kappa shape index (κ1) is 13.1. The lowest BCUT2D eigenvalue weighted by Gasteiger charge is -2.27. The van der Waals surface area contributed by atoms with Crippen LogP contribution in [0.25, 0.3) is 0 Å². The highest BCUT2D eigenvalue weighted by Crippen LogP contribution is 2.18. The van der Waals surface area contributed by atoms with E-state index in [0.717, 1.165) is 37.1 Å². The number of methoxy groups -OCH3 is 1. The Bertz CT molecular complexity index is 353. The Morgan fingerprint density at radius 1 is 1.28 bits per heavy atom. The Morgan fingerprint density at radius 3 is 2.72 bits per heavy atom. The van der Waals surface area contributed by atoms with Crippen LogP contribution in [-0.2, 0) is 11.3 Å². The third kappa shape index (κ3) is 3.32. The summed E-state index contributed by atoms with van der Waals surface area (Å²) < 4.78 is 5.17. The molecule has 0 saturated carbocycles. The van der Waals surface area contributed by atoms with Gasteiger partial charge >= 0.3 is 0 Å². The molecule has 1 aliphatic rings. The SMILES string of the molecule is CCNc1cc(COC)nc(N2CCCCC2)n1. The van der Waals surface area contributed by atoms with Crippen molar-refractivity contribution in [2.75, 3.05) is 37.0 Å². The number of rotatable bonds is 5. The highest BCUT2D eigenvalue weighted by Gasteiger charge is 2.15.